The largest absolute Gasteiger partial charge is 0.462 e. The van der Waals surface area contributed by atoms with Crippen LogP contribution < -0.4 is 11.0 Å². The van der Waals surface area contributed by atoms with E-state index >= 15 is 0 Å². The second kappa shape index (κ2) is 8.46. The first-order valence-electron chi connectivity index (χ1n) is 6.67. The molecule has 8 heteroatoms. The molecule has 116 valence electrons. The van der Waals surface area contributed by atoms with Gasteiger partial charge in [-0.05, 0) is 20.3 Å². The number of carbonyl (C=O) groups is 2. The third-order valence-electron chi connectivity index (χ3n) is 2.48. The lowest BCUT2D eigenvalue weighted by atomic mass is 10.2. The van der Waals surface area contributed by atoms with Gasteiger partial charge in [0.15, 0.2) is 0 Å². The molecule has 0 saturated heterocycles. The number of rotatable bonds is 7. The Labute approximate surface area is 126 Å². The Bertz CT molecular complexity index is 571. The standard InChI is InChI=1S/C13H19N3O4S/c1-4-6-14-9(17)7-21-11-10(12(18)20-5-2)8(3)15-13(19)16-11/h4-7H2,1-3H3,(H,14,17)(H,15,16,19). The molecule has 21 heavy (non-hydrogen) atoms. The summed E-state index contributed by atoms with van der Waals surface area (Å²) in [5.41, 5.74) is 0.0201. The van der Waals surface area contributed by atoms with Gasteiger partial charge in [0.05, 0.1) is 12.4 Å². The van der Waals surface area contributed by atoms with Crippen LogP contribution in [0.15, 0.2) is 9.82 Å². The zero-order chi connectivity index (χ0) is 15.8. The van der Waals surface area contributed by atoms with E-state index in [-0.39, 0.29) is 28.9 Å². The first-order valence-corrected chi connectivity index (χ1v) is 7.65. The SMILES string of the molecule is CCCNC(=O)CSc1nc(=O)[nH]c(C)c1C(=O)OCC. The summed E-state index contributed by atoms with van der Waals surface area (Å²) < 4.78 is 4.95. The van der Waals surface area contributed by atoms with Crippen LogP contribution >= 0.6 is 11.8 Å². The van der Waals surface area contributed by atoms with Crippen molar-refractivity contribution in [2.75, 3.05) is 18.9 Å². The normalized spacial score (nSPS) is 10.2. The summed E-state index contributed by atoms with van der Waals surface area (Å²) >= 11 is 1.04. The molecule has 1 aromatic heterocycles. The lowest BCUT2D eigenvalue weighted by Gasteiger charge is -2.09. The Hall–Kier alpha value is -1.83. The van der Waals surface area contributed by atoms with Crippen LogP contribution in [0.3, 0.4) is 0 Å². The molecule has 0 saturated carbocycles. The number of thioether (sulfide) groups is 1. The van der Waals surface area contributed by atoms with Gasteiger partial charge in [0, 0.05) is 12.2 Å². The van der Waals surface area contributed by atoms with Crippen molar-refractivity contribution >= 4 is 23.6 Å². The van der Waals surface area contributed by atoms with E-state index in [4.69, 9.17) is 4.74 Å². The van der Waals surface area contributed by atoms with Gasteiger partial charge < -0.3 is 15.0 Å². The number of aromatic amines is 1. The number of ether oxygens (including phenoxy) is 1. The fraction of sp³-hybridized carbons (Fsp3) is 0.538. The summed E-state index contributed by atoms with van der Waals surface area (Å²) in [7, 11) is 0. The van der Waals surface area contributed by atoms with Crippen LogP contribution in [0.5, 0.6) is 0 Å². The summed E-state index contributed by atoms with van der Waals surface area (Å²) in [6, 6.07) is 0. The smallest absolute Gasteiger partial charge is 0.346 e. The van der Waals surface area contributed by atoms with E-state index < -0.39 is 11.7 Å². The van der Waals surface area contributed by atoms with E-state index in [1.54, 1.807) is 13.8 Å². The molecule has 0 bridgehead atoms. The number of H-pyrrole nitrogens is 1. The van der Waals surface area contributed by atoms with Crippen molar-refractivity contribution < 1.29 is 14.3 Å². The predicted molar refractivity (Wildman–Crippen MR) is 79.6 cm³/mol. The maximum Gasteiger partial charge on any atom is 0.346 e. The maximum absolute atomic E-state index is 11.9. The van der Waals surface area contributed by atoms with Crippen molar-refractivity contribution in [3.05, 3.63) is 21.7 Å². The molecule has 1 heterocycles. The highest BCUT2D eigenvalue weighted by atomic mass is 32.2. The molecule has 7 nitrogen and oxygen atoms in total. The molecule has 0 aromatic carbocycles. The van der Waals surface area contributed by atoms with Crippen LogP contribution in [-0.4, -0.2) is 40.7 Å². The summed E-state index contributed by atoms with van der Waals surface area (Å²) in [4.78, 5) is 41.2. The average molecular weight is 313 g/mol. The van der Waals surface area contributed by atoms with Gasteiger partial charge in [-0.15, -0.1) is 0 Å². The second-order valence-electron chi connectivity index (χ2n) is 4.21. The number of nitrogens with one attached hydrogen (secondary N) is 2. The van der Waals surface area contributed by atoms with Crippen molar-refractivity contribution in [3.8, 4) is 0 Å². The third kappa shape index (κ3) is 5.22. The third-order valence-corrected chi connectivity index (χ3v) is 3.45. The van der Waals surface area contributed by atoms with Gasteiger partial charge >= 0.3 is 11.7 Å². The minimum atomic E-state index is -0.560. The number of esters is 1. The summed E-state index contributed by atoms with van der Waals surface area (Å²) in [5, 5.41) is 2.93. The Morgan fingerprint density at radius 1 is 1.38 bits per heavy atom. The fourth-order valence-electron chi connectivity index (χ4n) is 1.56. The molecule has 0 spiro atoms. The second-order valence-corrected chi connectivity index (χ2v) is 5.17. The Kier molecular flexibility index (Phi) is 6.93. The number of carbonyl (C=O) groups excluding carboxylic acids is 2. The molecular weight excluding hydrogens is 294 g/mol. The summed E-state index contributed by atoms with van der Waals surface area (Å²) in [5.74, 6) is -0.644. The lowest BCUT2D eigenvalue weighted by Crippen LogP contribution is -2.26. The van der Waals surface area contributed by atoms with Gasteiger partial charge in [-0.25, -0.2) is 9.59 Å². The fourth-order valence-corrected chi connectivity index (χ4v) is 2.45. The highest BCUT2D eigenvalue weighted by Gasteiger charge is 2.19. The number of hydrogen-bond donors (Lipinski definition) is 2. The molecule has 0 aliphatic carbocycles. The lowest BCUT2D eigenvalue weighted by molar-refractivity contribution is -0.118. The Morgan fingerprint density at radius 2 is 2.10 bits per heavy atom. The van der Waals surface area contributed by atoms with Crippen molar-refractivity contribution in [2.45, 2.75) is 32.2 Å². The van der Waals surface area contributed by atoms with Crippen molar-refractivity contribution in [3.63, 3.8) is 0 Å². The summed E-state index contributed by atoms with van der Waals surface area (Å²) in [6.45, 7) is 6.05. The number of hydrogen-bond acceptors (Lipinski definition) is 6. The molecule has 0 unspecified atom stereocenters. The predicted octanol–water partition coefficient (Wildman–Crippen LogP) is 0.873. The topological polar surface area (TPSA) is 101 Å². The van der Waals surface area contributed by atoms with E-state index in [1.165, 1.54) is 0 Å². The Balaban J connectivity index is 2.92. The number of aryl methyl sites for hydroxylation is 1. The molecule has 0 fully saturated rings. The number of aromatic nitrogens is 2. The van der Waals surface area contributed by atoms with Gasteiger partial charge in [0.1, 0.15) is 10.6 Å². The van der Waals surface area contributed by atoms with E-state index in [0.717, 1.165) is 18.2 Å². The molecule has 2 N–H and O–H groups in total. The minimum Gasteiger partial charge on any atom is -0.462 e. The van der Waals surface area contributed by atoms with Crippen LogP contribution in [-0.2, 0) is 9.53 Å². The molecule has 1 aromatic rings. The van der Waals surface area contributed by atoms with Gasteiger partial charge in [0.25, 0.3) is 0 Å². The van der Waals surface area contributed by atoms with Crippen molar-refractivity contribution in [1.29, 1.82) is 0 Å². The van der Waals surface area contributed by atoms with Crippen molar-refractivity contribution in [1.82, 2.24) is 15.3 Å². The van der Waals surface area contributed by atoms with Gasteiger partial charge in [0.2, 0.25) is 5.91 Å². The van der Waals surface area contributed by atoms with Crippen molar-refractivity contribution in [2.24, 2.45) is 0 Å². The average Bonchev–Trinajstić information content (AvgIpc) is 2.42. The molecule has 0 radical (unpaired) electrons. The Morgan fingerprint density at radius 3 is 2.71 bits per heavy atom. The molecular formula is C13H19N3O4S. The quantitative estimate of drug-likeness (QED) is 0.440. The molecule has 1 rings (SSSR count). The molecule has 0 aliphatic heterocycles. The molecule has 1 amide bonds. The van der Waals surface area contributed by atoms with Crippen LogP contribution in [0.25, 0.3) is 0 Å². The maximum atomic E-state index is 11.9. The van der Waals surface area contributed by atoms with Gasteiger partial charge in [-0.3, -0.25) is 4.79 Å². The van der Waals surface area contributed by atoms with Gasteiger partial charge in [-0.2, -0.15) is 4.98 Å². The number of nitrogens with zero attached hydrogens (tertiary/aromatic N) is 1. The first-order chi connectivity index (χ1) is 9.99. The van der Waals surface area contributed by atoms with E-state index in [1.807, 2.05) is 6.92 Å². The van der Waals surface area contributed by atoms with Gasteiger partial charge in [-0.1, -0.05) is 18.7 Å². The zero-order valence-corrected chi connectivity index (χ0v) is 13.1. The summed E-state index contributed by atoms with van der Waals surface area (Å²) in [6.07, 6.45) is 0.840. The van der Waals surface area contributed by atoms with E-state index in [9.17, 15) is 14.4 Å². The molecule has 0 atom stereocenters. The van der Waals surface area contributed by atoms with E-state index in [0.29, 0.717) is 12.2 Å². The molecule has 0 aliphatic rings. The van der Waals surface area contributed by atoms with Crippen LogP contribution in [0.2, 0.25) is 0 Å². The zero-order valence-electron chi connectivity index (χ0n) is 12.3. The van der Waals surface area contributed by atoms with Crippen LogP contribution in [0, 0.1) is 6.92 Å². The first kappa shape index (κ1) is 17.2. The number of amides is 1. The van der Waals surface area contributed by atoms with Crippen LogP contribution in [0.4, 0.5) is 0 Å². The monoisotopic (exact) mass is 313 g/mol. The van der Waals surface area contributed by atoms with Crippen LogP contribution in [0.1, 0.15) is 36.3 Å². The van der Waals surface area contributed by atoms with E-state index in [2.05, 4.69) is 15.3 Å². The minimum absolute atomic E-state index is 0.0856. The highest BCUT2D eigenvalue weighted by Crippen LogP contribution is 2.21. The highest BCUT2D eigenvalue weighted by molar-refractivity contribution is 8.00.